The number of hydrogen-bond acceptors (Lipinski definition) is 3. The van der Waals surface area contributed by atoms with Gasteiger partial charge in [-0.2, -0.15) is 0 Å². The Morgan fingerprint density at radius 2 is 1.16 bits per heavy atom. The molecule has 0 unspecified atom stereocenters. The van der Waals surface area contributed by atoms with Crippen molar-refractivity contribution in [1.29, 1.82) is 0 Å². The Morgan fingerprint density at radius 3 is 1.87 bits per heavy atom. The van der Waals surface area contributed by atoms with Gasteiger partial charge in [-0.1, -0.05) is 91.0 Å². The normalized spacial score (nSPS) is 16.6. The molecule has 0 aliphatic carbocycles. The lowest BCUT2D eigenvalue weighted by atomic mass is 9.76. The predicted octanol–water partition coefficient (Wildman–Crippen LogP) is 8.37. The fourth-order valence-electron chi connectivity index (χ4n) is 5.55. The first-order valence-corrected chi connectivity index (χ1v) is 13.2. The van der Waals surface area contributed by atoms with Crippen molar-refractivity contribution in [2.45, 2.75) is 38.9 Å². The van der Waals surface area contributed by atoms with E-state index < -0.39 is 18.3 Å². The maximum atomic E-state index is 6.53. The second-order valence-electron chi connectivity index (χ2n) is 11.2. The van der Waals surface area contributed by atoms with Gasteiger partial charge in [0.25, 0.3) is 0 Å². The molecular formula is C34H29BO3. The minimum Gasteiger partial charge on any atom is -0.455 e. The summed E-state index contributed by atoms with van der Waals surface area (Å²) in [6.07, 6.45) is 0. The summed E-state index contributed by atoms with van der Waals surface area (Å²) in [5.41, 5.74) is 6.67. The van der Waals surface area contributed by atoms with Crippen LogP contribution in [0.3, 0.4) is 0 Å². The molecule has 38 heavy (non-hydrogen) atoms. The van der Waals surface area contributed by atoms with Crippen LogP contribution in [0.15, 0.2) is 108 Å². The molecule has 0 N–H and O–H groups in total. The summed E-state index contributed by atoms with van der Waals surface area (Å²) in [6, 6.07) is 36.2. The van der Waals surface area contributed by atoms with Gasteiger partial charge in [0.15, 0.2) is 0 Å². The molecule has 5 aromatic carbocycles. The molecule has 7 rings (SSSR count). The molecule has 1 aliphatic heterocycles. The van der Waals surface area contributed by atoms with Crippen LogP contribution < -0.4 is 5.46 Å². The molecule has 1 saturated heterocycles. The van der Waals surface area contributed by atoms with Crippen LogP contribution in [0.4, 0.5) is 0 Å². The zero-order chi connectivity index (χ0) is 26.1. The first-order chi connectivity index (χ1) is 18.3. The molecule has 0 radical (unpaired) electrons. The van der Waals surface area contributed by atoms with E-state index in [1.54, 1.807) is 0 Å². The summed E-state index contributed by atoms with van der Waals surface area (Å²) in [4.78, 5) is 0. The first kappa shape index (κ1) is 23.3. The Kier molecular flexibility index (Phi) is 5.10. The van der Waals surface area contributed by atoms with Crippen LogP contribution in [0.1, 0.15) is 27.7 Å². The van der Waals surface area contributed by atoms with Gasteiger partial charge in [0.2, 0.25) is 0 Å². The lowest BCUT2D eigenvalue weighted by Crippen LogP contribution is -2.41. The van der Waals surface area contributed by atoms with E-state index in [0.29, 0.717) is 0 Å². The topological polar surface area (TPSA) is 31.6 Å². The zero-order valence-electron chi connectivity index (χ0n) is 22.1. The molecule has 0 bridgehead atoms. The molecule has 6 aromatic rings. The van der Waals surface area contributed by atoms with Crippen molar-refractivity contribution < 1.29 is 13.7 Å². The maximum absolute atomic E-state index is 6.53. The van der Waals surface area contributed by atoms with E-state index in [0.717, 1.165) is 32.8 Å². The second-order valence-corrected chi connectivity index (χ2v) is 11.2. The molecular weight excluding hydrogens is 467 g/mol. The van der Waals surface area contributed by atoms with Crippen LogP contribution in [0.25, 0.3) is 55.0 Å². The minimum absolute atomic E-state index is 0.419. The summed E-state index contributed by atoms with van der Waals surface area (Å²) in [7, 11) is -0.468. The summed E-state index contributed by atoms with van der Waals surface area (Å²) in [5, 5.41) is 4.40. The van der Waals surface area contributed by atoms with Gasteiger partial charge in [0.1, 0.15) is 11.2 Å². The highest BCUT2D eigenvalue weighted by Crippen LogP contribution is 2.41. The number of rotatable bonds is 3. The van der Waals surface area contributed by atoms with Crippen molar-refractivity contribution in [2.75, 3.05) is 0 Å². The summed E-state index contributed by atoms with van der Waals surface area (Å²) in [6.45, 7) is 8.35. The minimum atomic E-state index is -0.468. The molecule has 186 valence electrons. The van der Waals surface area contributed by atoms with Gasteiger partial charge in [0.05, 0.1) is 11.2 Å². The number of benzene rings is 5. The highest BCUT2D eigenvalue weighted by Gasteiger charge is 2.52. The molecule has 1 fully saturated rings. The van der Waals surface area contributed by atoms with E-state index in [9.17, 15) is 0 Å². The Morgan fingerprint density at radius 1 is 0.553 bits per heavy atom. The first-order valence-electron chi connectivity index (χ1n) is 13.2. The van der Waals surface area contributed by atoms with Gasteiger partial charge in [0, 0.05) is 16.2 Å². The van der Waals surface area contributed by atoms with E-state index >= 15 is 0 Å². The molecule has 0 spiro atoms. The van der Waals surface area contributed by atoms with E-state index in [2.05, 4.69) is 113 Å². The SMILES string of the molecule is CC1(C)OB(c2cccc3oc4c5ccccc5c(-c5ccc(-c6ccccc6)cc5)cc4c23)OC1(C)C. The van der Waals surface area contributed by atoms with Crippen molar-refractivity contribution in [1.82, 2.24) is 0 Å². The molecule has 1 aromatic heterocycles. The van der Waals surface area contributed by atoms with Gasteiger partial charge in [-0.05, 0) is 72.9 Å². The molecule has 4 heteroatoms. The molecule has 1 aliphatic rings. The summed E-state index contributed by atoms with van der Waals surface area (Å²) >= 11 is 0. The third-order valence-corrected chi connectivity index (χ3v) is 8.35. The van der Waals surface area contributed by atoms with Crippen molar-refractivity contribution in [3.63, 3.8) is 0 Å². The van der Waals surface area contributed by atoms with E-state index in [4.69, 9.17) is 13.7 Å². The van der Waals surface area contributed by atoms with Crippen LogP contribution in [0, 0.1) is 0 Å². The Bertz CT molecular complexity index is 1800. The van der Waals surface area contributed by atoms with Crippen LogP contribution in [0.5, 0.6) is 0 Å². The van der Waals surface area contributed by atoms with Gasteiger partial charge < -0.3 is 13.7 Å². The predicted molar refractivity (Wildman–Crippen MR) is 158 cm³/mol. The molecule has 2 heterocycles. The van der Waals surface area contributed by atoms with Crippen molar-refractivity contribution in [3.8, 4) is 22.3 Å². The fourth-order valence-corrected chi connectivity index (χ4v) is 5.55. The van der Waals surface area contributed by atoms with E-state index in [-0.39, 0.29) is 0 Å². The third kappa shape index (κ3) is 3.52. The number of fused-ring (bicyclic) bond motifs is 5. The highest BCUT2D eigenvalue weighted by atomic mass is 16.7. The maximum Gasteiger partial charge on any atom is 0.495 e. The molecule has 3 nitrogen and oxygen atoms in total. The monoisotopic (exact) mass is 496 g/mol. The van der Waals surface area contributed by atoms with Gasteiger partial charge in [-0.3, -0.25) is 0 Å². The smallest absolute Gasteiger partial charge is 0.455 e. The Balaban J connectivity index is 1.45. The van der Waals surface area contributed by atoms with Crippen LogP contribution in [0.2, 0.25) is 0 Å². The van der Waals surface area contributed by atoms with Crippen LogP contribution in [-0.2, 0) is 9.31 Å². The highest BCUT2D eigenvalue weighted by molar-refractivity contribution is 6.66. The standard InChI is InChI=1S/C34H29BO3/c1-33(2)34(3,4)38-35(37-33)29-15-10-16-30-31(29)28-21-27(25-13-8-9-14-26(25)32(28)36-30)24-19-17-23(18-20-24)22-11-6-5-7-12-22/h5-21H,1-4H3. The van der Waals surface area contributed by atoms with Gasteiger partial charge in [-0.25, -0.2) is 0 Å². The number of hydrogen-bond donors (Lipinski definition) is 0. The zero-order valence-corrected chi connectivity index (χ0v) is 22.1. The van der Waals surface area contributed by atoms with Crippen molar-refractivity contribution >= 4 is 45.3 Å². The van der Waals surface area contributed by atoms with Gasteiger partial charge >= 0.3 is 7.12 Å². The lowest BCUT2D eigenvalue weighted by Gasteiger charge is -2.32. The molecule has 0 saturated carbocycles. The fraction of sp³-hybridized carbons (Fsp3) is 0.176. The van der Waals surface area contributed by atoms with Crippen LogP contribution >= 0.6 is 0 Å². The van der Waals surface area contributed by atoms with E-state index in [1.807, 2.05) is 18.2 Å². The lowest BCUT2D eigenvalue weighted by molar-refractivity contribution is 0.00578. The third-order valence-electron chi connectivity index (χ3n) is 8.35. The summed E-state index contributed by atoms with van der Waals surface area (Å²) in [5.74, 6) is 0. The van der Waals surface area contributed by atoms with Crippen molar-refractivity contribution in [2.24, 2.45) is 0 Å². The van der Waals surface area contributed by atoms with Gasteiger partial charge in [-0.15, -0.1) is 0 Å². The average molecular weight is 496 g/mol. The van der Waals surface area contributed by atoms with E-state index in [1.165, 1.54) is 27.6 Å². The molecule has 0 amide bonds. The largest absolute Gasteiger partial charge is 0.495 e. The molecule has 0 atom stereocenters. The quantitative estimate of drug-likeness (QED) is 0.231. The Labute approximate surface area is 223 Å². The van der Waals surface area contributed by atoms with Crippen molar-refractivity contribution in [3.05, 3.63) is 103 Å². The Hall–Kier alpha value is -3.86. The number of furan rings is 1. The second kappa shape index (κ2) is 8.32. The average Bonchev–Trinajstić information content (AvgIpc) is 3.41. The van der Waals surface area contributed by atoms with Crippen LogP contribution in [-0.4, -0.2) is 18.3 Å². The summed E-state index contributed by atoms with van der Waals surface area (Å²) < 4.78 is 19.5.